The number of aromatic hydroxyl groups is 1. The highest BCUT2D eigenvalue weighted by atomic mass is 35.5. The summed E-state index contributed by atoms with van der Waals surface area (Å²) in [4.78, 5) is 8.89. The van der Waals surface area contributed by atoms with Gasteiger partial charge in [0.05, 0.1) is 5.52 Å². The third kappa shape index (κ3) is 3.14. The predicted molar refractivity (Wildman–Crippen MR) is 87.7 cm³/mol. The minimum absolute atomic E-state index is 0. The summed E-state index contributed by atoms with van der Waals surface area (Å²) >= 11 is 0. The Bertz CT molecular complexity index is 763. The third-order valence-corrected chi connectivity index (χ3v) is 2.94. The van der Waals surface area contributed by atoms with E-state index in [2.05, 4.69) is 20.6 Å². The molecular weight excluding hydrogens is 288 g/mol. The maximum absolute atomic E-state index is 9.47. The van der Waals surface area contributed by atoms with Crippen LogP contribution in [0.25, 0.3) is 10.9 Å². The van der Waals surface area contributed by atoms with Crippen LogP contribution < -0.4 is 10.6 Å². The first-order valence-electron chi connectivity index (χ1n) is 6.27. The maximum Gasteiger partial charge on any atom is 0.229 e. The normalized spacial score (nSPS) is 9.95. The average molecular weight is 303 g/mol. The second kappa shape index (κ2) is 6.28. The van der Waals surface area contributed by atoms with Gasteiger partial charge in [-0.1, -0.05) is 18.2 Å². The molecule has 1 aromatic heterocycles. The highest BCUT2D eigenvalue weighted by Crippen LogP contribution is 2.24. The summed E-state index contributed by atoms with van der Waals surface area (Å²) in [7, 11) is 1.83. The molecule has 6 heteroatoms. The van der Waals surface area contributed by atoms with E-state index in [1.165, 1.54) is 0 Å². The largest absolute Gasteiger partial charge is 0.508 e. The lowest BCUT2D eigenvalue weighted by atomic mass is 10.2. The molecule has 0 saturated heterocycles. The predicted octanol–water partition coefficient (Wildman–Crippen LogP) is 3.54. The number of nitrogens with one attached hydrogen (secondary N) is 2. The standard InChI is InChI=1S/C15H14N4O.ClH/c1-16-14-12-7-2-3-8-13(12)18-15(19-14)17-10-5-4-6-11(20)9-10;/h2-9,20H,1H3,(H2,16,17,18,19);1H. The number of phenols is 1. The van der Waals surface area contributed by atoms with E-state index in [-0.39, 0.29) is 18.2 Å². The van der Waals surface area contributed by atoms with E-state index in [1.54, 1.807) is 18.2 Å². The number of anilines is 3. The summed E-state index contributed by atoms with van der Waals surface area (Å²) in [5.74, 6) is 1.45. The number of aromatic nitrogens is 2. The Hall–Kier alpha value is -2.53. The number of halogens is 1. The lowest BCUT2D eigenvalue weighted by Gasteiger charge is -2.09. The van der Waals surface area contributed by atoms with Gasteiger partial charge in [-0.15, -0.1) is 12.4 Å². The Labute approximate surface area is 128 Å². The van der Waals surface area contributed by atoms with Crippen LogP contribution in [0.4, 0.5) is 17.5 Å². The summed E-state index contributed by atoms with van der Waals surface area (Å²) in [5, 5.41) is 16.6. The van der Waals surface area contributed by atoms with Crippen molar-refractivity contribution in [3.63, 3.8) is 0 Å². The smallest absolute Gasteiger partial charge is 0.229 e. The third-order valence-electron chi connectivity index (χ3n) is 2.94. The van der Waals surface area contributed by atoms with E-state index in [0.29, 0.717) is 5.95 Å². The molecule has 0 radical (unpaired) electrons. The van der Waals surface area contributed by atoms with Crippen LogP contribution in [0.15, 0.2) is 48.5 Å². The molecule has 3 aromatic rings. The number of phenolic OH excluding ortho intramolecular Hbond substituents is 1. The Morgan fingerprint density at radius 1 is 1.00 bits per heavy atom. The molecule has 108 valence electrons. The minimum Gasteiger partial charge on any atom is -0.508 e. The lowest BCUT2D eigenvalue weighted by Crippen LogP contribution is -2.01. The second-order valence-electron chi connectivity index (χ2n) is 4.34. The lowest BCUT2D eigenvalue weighted by molar-refractivity contribution is 0.475. The van der Waals surface area contributed by atoms with Gasteiger partial charge < -0.3 is 15.7 Å². The zero-order valence-electron chi connectivity index (χ0n) is 11.4. The SMILES string of the molecule is CNc1nc(Nc2cccc(O)c2)nc2ccccc12.Cl. The van der Waals surface area contributed by atoms with Crippen molar-refractivity contribution in [2.24, 2.45) is 0 Å². The molecule has 0 fully saturated rings. The number of rotatable bonds is 3. The molecule has 0 aliphatic rings. The number of benzene rings is 2. The van der Waals surface area contributed by atoms with Crippen molar-refractivity contribution < 1.29 is 5.11 Å². The summed E-state index contributed by atoms with van der Waals surface area (Å²) in [5.41, 5.74) is 1.59. The Morgan fingerprint density at radius 2 is 1.81 bits per heavy atom. The van der Waals surface area contributed by atoms with Gasteiger partial charge in [0.2, 0.25) is 5.95 Å². The molecule has 2 aromatic carbocycles. The van der Waals surface area contributed by atoms with Crippen LogP contribution in [0.1, 0.15) is 0 Å². The Kier molecular flexibility index (Phi) is 4.45. The maximum atomic E-state index is 9.47. The molecule has 21 heavy (non-hydrogen) atoms. The van der Waals surface area contributed by atoms with Crippen LogP contribution in [0.5, 0.6) is 5.75 Å². The second-order valence-corrected chi connectivity index (χ2v) is 4.34. The van der Waals surface area contributed by atoms with E-state index in [0.717, 1.165) is 22.4 Å². The van der Waals surface area contributed by atoms with Crippen LogP contribution in [0.2, 0.25) is 0 Å². The van der Waals surface area contributed by atoms with Gasteiger partial charge >= 0.3 is 0 Å². The van der Waals surface area contributed by atoms with Gasteiger partial charge in [-0.2, -0.15) is 4.98 Å². The van der Waals surface area contributed by atoms with Crippen molar-refractivity contribution >= 4 is 40.8 Å². The molecule has 0 saturated carbocycles. The average Bonchev–Trinajstić information content (AvgIpc) is 2.46. The fourth-order valence-electron chi connectivity index (χ4n) is 2.04. The van der Waals surface area contributed by atoms with Crippen LogP contribution in [-0.2, 0) is 0 Å². The first-order valence-corrected chi connectivity index (χ1v) is 6.27. The Morgan fingerprint density at radius 3 is 2.57 bits per heavy atom. The molecule has 0 aliphatic carbocycles. The summed E-state index contributed by atoms with van der Waals surface area (Å²) in [6, 6.07) is 14.6. The molecule has 0 unspecified atom stereocenters. The molecule has 0 spiro atoms. The molecule has 1 heterocycles. The van der Waals surface area contributed by atoms with Gasteiger partial charge in [0.25, 0.3) is 0 Å². The van der Waals surface area contributed by atoms with E-state index < -0.39 is 0 Å². The van der Waals surface area contributed by atoms with Crippen LogP contribution in [-0.4, -0.2) is 22.1 Å². The van der Waals surface area contributed by atoms with E-state index in [4.69, 9.17) is 0 Å². The van der Waals surface area contributed by atoms with E-state index >= 15 is 0 Å². The quantitative estimate of drug-likeness (QED) is 0.690. The molecule has 3 N–H and O–H groups in total. The van der Waals surface area contributed by atoms with Gasteiger partial charge in [-0.3, -0.25) is 0 Å². The number of para-hydroxylation sites is 1. The highest BCUT2D eigenvalue weighted by molar-refractivity contribution is 5.90. The molecule has 0 amide bonds. The zero-order valence-corrected chi connectivity index (χ0v) is 12.2. The molecule has 3 rings (SSSR count). The molecular formula is C15H15ClN4O. The fraction of sp³-hybridized carbons (Fsp3) is 0.0667. The van der Waals surface area contributed by atoms with Crippen molar-refractivity contribution in [3.8, 4) is 5.75 Å². The summed E-state index contributed by atoms with van der Waals surface area (Å²) in [6.45, 7) is 0. The zero-order chi connectivity index (χ0) is 13.9. The van der Waals surface area contributed by atoms with Crippen molar-refractivity contribution in [1.29, 1.82) is 0 Å². The number of nitrogens with zero attached hydrogens (tertiary/aromatic N) is 2. The monoisotopic (exact) mass is 302 g/mol. The van der Waals surface area contributed by atoms with Gasteiger partial charge in [0.15, 0.2) is 0 Å². The van der Waals surface area contributed by atoms with Gasteiger partial charge in [-0.25, -0.2) is 4.98 Å². The first kappa shape index (κ1) is 14.9. The van der Waals surface area contributed by atoms with Crippen LogP contribution >= 0.6 is 12.4 Å². The van der Waals surface area contributed by atoms with Crippen molar-refractivity contribution in [1.82, 2.24) is 9.97 Å². The first-order chi connectivity index (χ1) is 9.76. The van der Waals surface area contributed by atoms with Crippen molar-refractivity contribution in [3.05, 3.63) is 48.5 Å². The number of hydrogen-bond donors (Lipinski definition) is 3. The van der Waals surface area contributed by atoms with Crippen molar-refractivity contribution in [2.45, 2.75) is 0 Å². The van der Waals surface area contributed by atoms with Crippen LogP contribution in [0.3, 0.4) is 0 Å². The van der Waals surface area contributed by atoms with Gasteiger partial charge in [-0.05, 0) is 24.3 Å². The van der Waals surface area contributed by atoms with Crippen molar-refractivity contribution in [2.75, 3.05) is 17.7 Å². The molecule has 0 bridgehead atoms. The Balaban J connectivity index is 0.00000161. The molecule has 0 aliphatic heterocycles. The molecule has 0 atom stereocenters. The van der Waals surface area contributed by atoms with Gasteiger partial charge in [0.1, 0.15) is 11.6 Å². The topological polar surface area (TPSA) is 70.1 Å². The van der Waals surface area contributed by atoms with Crippen LogP contribution in [0, 0.1) is 0 Å². The highest BCUT2D eigenvalue weighted by Gasteiger charge is 2.06. The molecule has 5 nitrogen and oxygen atoms in total. The minimum atomic E-state index is 0. The summed E-state index contributed by atoms with van der Waals surface area (Å²) < 4.78 is 0. The van der Waals surface area contributed by atoms with E-state index in [1.807, 2.05) is 37.4 Å². The summed E-state index contributed by atoms with van der Waals surface area (Å²) in [6.07, 6.45) is 0. The van der Waals surface area contributed by atoms with E-state index in [9.17, 15) is 5.11 Å². The van der Waals surface area contributed by atoms with Gasteiger partial charge in [0, 0.05) is 24.2 Å². The number of hydrogen-bond acceptors (Lipinski definition) is 5. The number of fused-ring (bicyclic) bond motifs is 1. The fourth-order valence-corrected chi connectivity index (χ4v) is 2.04.